The molecule has 2 aromatic heterocycles. The van der Waals surface area contributed by atoms with Crippen LogP contribution in [0.15, 0.2) is 116 Å². The van der Waals surface area contributed by atoms with E-state index in [2.05, 4.69) is 15.0 Å². The average Bonchev–Trinajstić information content (AvgIpc) is 2.91. The summed E-state index contributed by atoms with van der Waals surface area (Å²) in [5, 5.41) is 0. The van der Waals surface area contributed by atoms with Gasteiger partial charge in [-0.2, -0.15) is 0 Å². The summed E-state index contributed by atoms with van der Waals surface area (Å²) in [7, 11) is 0. The third-order valence-corrected chi connectivity index (χ3v) is 7.11. The Morgan fingerprint density at radius 2 is 1.50 bits per heavy atom. The maximum absolute atomic E-state index is 13.6. The van der Waals surface area contributed by atoms with Gasteiger partial charge < -0.3 is 4.98 Å². The second-order valence-electron chi connectivity index (χ2n) is 9.10. The maximum Gasteiger partial charge on any atom is 0.328 e. The predicted molar refractivity (Wildman–Crippen MR) is 150 cm³/mol. The number of nitrogens with zero attached hydrogens (tertiary/aromatic N) is 1. The second-order valence-corrected chi connectivity index (χ2v) is 9.60. The van der Waals surface area contributed by atoms with Gasteiger partial charge in [-0.3, -0.25) is 24.1 Å². The molecule has 9 heteroatoms. The molecule has 2 aromatic carbocycles. The highest BCUT2D eigenvalue weighted by Gasteiger charge is 2.44. The lowest BCUT2D eigenvalue weighted by Gasteiger charge is -2.37. The van der Waals surface area contributed by atoms with Crippen LogP contribution in [0.5, 0.6) is 0 Å². The van der Waals surface area contributed by atoms with Crippen molar-refractivity contribution in [3.8, 4) is 0 Å². The van der Waals surface area contributed by atoms with Crippen LogP contribution in [0.2, 0.25) is 0 Å². The van der Waals surface area contributed by atoms with Gasteiger partial charge >= 0.3 is 11.4 Å². The Kier molecular flexibility index (Phi) is 6.85. The SMILES string of the molecule is O=c1[nH]cc(C(Cc2ccccc2)(C2=CC=CCC2=S)c2cn(Cc3ccccc3)c(=O)[nH]c2=O)c(=O)[nH]1. The summed E-state index contributed by atoms with van der Waals surface area (Å²) in [5.41, 5.74) is -1.38. The van der Waals surface area contributed by atoms with Gasteiger partial charge in [0.1, 0.15) is 0 Å². The number of hydrogen-bond acceptors (Lipinski definition) is 5. The highest BCUT2D eigenvalue weighted by molar-refractivity contribution is 7.80. The number of aromatic amines is 3. The molecule has 0 radical (unpaired) electrons. The first kappa shape index (κ1) is 25.0. The van der Waals surface area contributed by atoms with E-state index in [-0.39, 0.29) is 24.1 Å². The number of nitrogens with one attached hydrogen (secondary N) is 3. The van der Waals surface area contributed by atoms with Crippen LogP contribution in [0.25, 0.3) is 0 Å². The fourth-order valence-corrected chi connectivity index (χ4v) is 5.32. The van der Waals surface area contributed by atoms with E-state index in [0.717, 1.165) is 11.1 Å². The normalized spacial score (nSPS) is 14.6. The number of thiocarbonyl (C=S) groups is 1. The molecular weight excluding hydrogens is 500 g/mol. The van der Waals surface area contributed by atoms with Crippen LogP contribution < -0.4 is 22.5 Å². The fourth-order valence-electron chi connectivity index (χ4n) is 4.98. The Bertz CT molecular complexity index is 1800. The zero-order valence-electron chi connectivity index (χ0n) is 20.3. The third-order valence-electron chi connectivity index (χ3n) is 6.72. The van der Waals surface area contributed by atoms with Gasteiger partial charge in [0.15, 0.2) is 0 Å². The van der Waals surface area contributed by atoms with Crippen molar-refractivity contribution < 1.29 is 0 Å². The number of allylic oxidation sites excluding steroid dienone is 4. The van der Waals surface area contributed by atoms with Gasteiger partial charge in [-0.1, -0.05) is 91.1 Å². The van der Waals surface area contributed by atoms with Crippen molar-refractivity contribution in [2.24, 2.45) is 0 Å². The van der Waals surface area contributed by atoms with Gasteiger partial charge in [-0.05, 0) is 23.1 Å². The Balaban J connectivity index is 1.87. The molecular formula is C29H24N4O4S. The second kappa shape index (κ2) is 10.4. The van der Waals surface area contributed by atoms with E-state index in [1.54, 1.807) is 6.08 Å². The topological polar surface area (TPSA) is 121 Å². The Morgan fingerprint density at radius 1 is 0.842 bits per heavy atom. The maximum atomic E-state index is 13.6. The van der Waals surface area contributed by atoms with Crippen LogP contribution >= 0.6 is 12.2 Å². The molecule has 3 N–H and O–H groups in total. The molecule has 1 aliphatic carbocycles. The quantitative estimate of drug-likeness (QED) is 0.321. The average molecular weight is 525 g/mol. The van der Waals surface area contributed by atoms with Gasteiger partial charge in [-0.15, -0.1) is 0 Å². The van der Waals surface area contributed by atoms with E-state index >= 15 is 0 Å². The zero-order chi connectivity index (χ0) is 26.7. The van der Waals surface area contributed by atoms with Crippen LogP contribution in [0.4, 0.5) is 0 Å². The van der Waals surface area contributed by atoms with Crippen molar-refractivity contribution in [2.75, 3.05) is 0 Å². The van der Waals surface area contributed by atoms with Crippen molar-refractivity contribution in [3.63, 3.8) is 0 Å². The first-order valence-electron chi connectivity index (χ1n) is 12.0. The molecule has 8 nitrogen and oxygen atoms in total. The summed E-state index contributed by atoms with van der Waals surface area (Å²) < 4.78 is 1.41. The molecule has 190 valence electrons. The molecule has 1 atom stereocenters. The monoisotopic (exact) mass is 524 g/mol. The lowest BCUT2D eigenvalue weighted by atomic mass is 9.65. The number of rotatable bonds is 7. The summed E-state index contributed by atoms with van der Waals surface area (Å²) in [6.07, 6.45) is 8.98. The number of benzene rings is 2. The molecule has 38 heavy (non-hydrogen) atoms. The predicted octanol–water partition coefficient (Wildman–Crippen LogP) is 2.75. The van der Waals surface area contributed by atoms with Crippen molar-refractivity contribution in [3.05, 3.63) is 161 Å². The minimum atomic E-state index is -1.42. The lowest BCUT2D eigenvalue weighted by molar-refractivity contribution is 0.575. The number of hydrogen-bond donors (Lipinski definition) is 3. The van der Waals surface area contributed by atoms with Gasteiger partial charge in [-0.25, -0.2) is 9.59 Å². The van der Waals surface area contributed by atoms with E-state index in [1.165, 1.54) is 17.0 Å². The molecule has 0 spiro atoms. The number of H-pyrrole nitrogens is 3. The summed E-state index contributed by atoms with van der Waals surface area (Å²) in [6.45, 7) is 0.205. The first-order valence-corrected chi connectivity index (χ1v) is 12.4. The highest BCUT2D eigenvalue weighted by Crippen LogP contribution is 2.41. The van der Waals surface area contributed by atoms with E-state index in [4.69, 9.17) is 12.2 Å². The summed E-state index contributed by atoms with van der Waals surface area (Å²) in [5.74, 6) is 0. The van der Waals surface area contributed by atoms with Gasteiger partial charge in [0.2, 0.25) is 0 Å². The molecule has 1 unspecified atom stereocenters. The molecule has 0 amide bonds. The van der Waals surface area contributed by atoms with E-state index in [9.17, 15) is 19.2 Å². The fraction of sp³-hybridized carbons (Fsp3) is 0.138. The standard InChI is InChI=1S/C29H24N4O4S/c34-25-22(16-30-27(36)31-25)29(15-19-9-3-1-4-10-19,21-13-7-8-14-24(21)38)23-18-33(28(37)32-26(23)35)17-20-11-5-2-6-12-20/h1-13,16,18H,14-15,17H2,(H,32,35,37)(H2,30,31,34,36). The minimum Gasteiger partial charge on any atom is -0.314 e. The first-order chi connectivity index (χ1) is 18.4. The van der Waals surface area contributed by atoms with Crippen LogP contribution in [0.1, 0.15) is 28.7 Å². The molecule has 1 aliphatic rings. The molecule has 0 aliphatic heterocycles. The van der Waals surface area contributed by atoms with Crippen molar-refractivity contribution in [2.45, 2.75) is 24.8 Å². The third kappa shape index (κ3) is 4.71. The Labute approximate surface area is 222 Å². The van der Waals surface area contributed by atoms with Crippen LogP contribution in [-0.2, 0) is 18.4 Å². The lowest BCUT2D eigenvalue weighted by Crippen LogP contribution is -2.47. The van der Waals surface area contributed by atoms with Crippen LogP contribution in [0.3, 0.4) is 0 Å². The molecule has 4 aromatic rings. The van der Waals surface area contributed by atoms with Crippen molar-refractivity contribution in [1.82, 2.24) is 19.5 Å². The zero-order valence-corrected chi connectivity index (χ0v) is 21.1. The van der Waals surface area contributed by atoms with Gasteiger partial charge in [0.25, 0.3) is 11.1 Å². The van der Waals surface area contributed by atoms with Crippen molar-refractivity contribution >= 4 is 17.1 Å². The van der Waals surface area contributed by atoms with Crippen LogP contribution in [0, 0.1) is 0 Å². The van der Waals surface area contributed by atoms with Gasteiger partial charge in [0, 0.05) is 34.8 Å². The van der Waals surface area contributed by atoms with Gasteiger partial charge in [0.05, 0.1) is 12.0 Å². The Morgan fingerprint density at radius 3 is 2.16 bits per heavy atom. The molecule has 0 saturated heterocycles. The number of aromatic nitrogens is 4. The van der Waals surface area contributed by atoms with Crippen LogP contribution in [-0.4, -0.2) is 24.4 Å². The van der Waals surface area contributed by atoms with E-state index in [1.807, 2.05) is 72.8 Å². The Hall–Kier alpha value is -4.63. The van der Waals surface area contributed by atoms with E-state index in [0.29, 0.717) is 16.9 Å². The molecule has 0 fully saturated rings. The molecule has 0 saturated carbocycles. The molecule has 0 bridgehead atoms. The highest BCUT2D eigenvalue weighted by atomic mass is 32.1. The smallest absolute Gasteiger partial charge is 0.314 e. The summed E-state index contributed by atoms with van der Waals surface area (Å²) in [4.78, 5) is 59.8. The molecule has 2 heterocycles. The van der Waals surface area contributed by atoms with E-state index < -0.39 is 27.9 Å². The largest absolute Gasteiger partial charge is 0.328 e. The van der Waals surface area contributed by atoms with Crippen molar-refractivity contribution in [1.29, 1.82) is 0 Å². The molecule has 5 rings (SSSR count). The summed E-state index contributed by atoms with van der Waals surface area (Å²) in [6, 6.07) is 18.8. The summed E-state index contributed by atoms with van der Waals surface area (Å²) >= 11 is 5.78. The minimum absolute atomic E-state index is 0.139.